The molecular weight excluding hydrogens is 220 g/mol. The molecule has 0 fully saturated rings. The van der Waals surface area contributed by atoms with Crippen LogP contribution in [0.4, 0.5) is 0 Å². The van der Waals surface area contributed by atoms with Gasteiger partial charge in [0.15, 0.2) is 11.5 Å². The highest BCUT2D eigenvalue weighted by Crippen LogP contribution is 2.28. The Kier molecular flexibility index (Phi) is 4.78. The molecule has 1 unspecified atom stereocenters. The van der Waals surface area contributed by atoms with Crippen LogP contribution >= 0.6 is 0 Å². The minimum atomic E-state index is -0.565. The molecule has 5 nitrogen and oxygen atoms in total. The molecule has 1 amide bonds. The summed E-state index contributed by atoms with van der Waals surface area (Å²) in [5.41, 5.74) is 6.02. The number of benzene rings is 1. The topological polar surface area (TPSA) is 84.6 Å². The average molecular weight is 238 g/mol. The SMILES string of the molecule is CCCNC(C(N)=O)c1ccc(O)c(OC)c1. The van der Waals surface area contributed by atoms with Crippen LogP contribution in [0.3, 0.4) is 0 Å². The van der Waals surface area contributed by atoms with Gasteiger partial charge in [0, 0.05) is 0 Å². The van der Waals surface area contributed by atoms with E-state index in [0.717, 1.165) is 6.42 Å². The monoisotopic (exact) mass is 238 g/mol. The summed E-state index contributed by atoms with van der Waals surface area (Å²) in [6, 6.07) is 4.17. The van der Waals surface area contributed by atoms with Gasteiger partial charge in [0.25, 0.3) is 0 Å². The summed E-state index contributed by atoms with van der Waals surface area (Å²) in [6.45, 7) is 2.69. The van der Waals surface area contributed by atoms with E-state index in [4.69, 9.17) is 10.5 Å². The van der Waals surface area contributed by atoms with E-state index in [1.165, 1.54) is 13.2 Å². The normalized spacial score (nSPS) is 12.1. The molecule has 1 rings (SSSR count). The molecule has 0 aromatic heterocycles. The van der Waals surface area contributed by atoms with E-state index in [1.54, 1.807) is 12.1 Å². The molecule has 0 aliphatic carbocycles. The smallest absolute Gasteiger partial charge is 0.239 e. The van der Waals surface area contributed by atoms with Crippen molar-refractivity contribution in [1.82, 2.24) is 5.32 Å². The van der Waals surface area contributed by atoms with Crippen molar-refractivity contribution in [3.63, 3.8) is 0 Å². The second kappa shape index (κ2) is 6.10. The number of aromatic hydroxyl groups is 1. The average Bonchev–Trinajstić information content (AvgIpc) is 2.31. The molecule has 0 heterocycles. The summed E-state index contributed by atoms with van der Waals surface area (Å²) < 4.78 is 4.99. The number of carbonyl (C=O) groups excluding carboxylic acids is 1. The van der Waals surface area contributed by atoms with Crippen molar-refractivity contribution in [2.24, 2.45) is 5.73 Å². The summed E-state index contributed by atoms with van der Waals surface area (Å²) >= 11 is 0. The van der Waals surface area contributed by atoms with E-state index in [-0.39, 0.29) is 5.75 Å². The fourth-order valence-corrected chi connectivity index (χ4v) is 1.55. The zero-order chi connectivity index (χ0) is 12.8. The summed E-state index contributed by atoms with van der Waals surface area (Å²) in [4.78, 5) is 11.3. The number of nitrogens with two attached hydrogens (primary N) is 1. The van der Waals surface area contributed by atoms with Gasteiger partial charge in [-0.05, 0) is 30.7 Å². The summed E-state index contributed by atoms with van der Waals surface area (Å²) in [6.07, 6.45) is 0.902. The molecule has 0 aliphatic rings. The third-order valence-corrected chi connectivity index (χ3v) is 2.42. The van der Waals surface area contributed by atoms with Crippen LogP contribution < -0.4 is 15.8 Å². The Bertz CT molecular complexity index is 393. The number of phenols is 1. The Morgan fingerprint density at radius 3 is 2.82 bits per heavy atom. The predicted octanol–water partition coefficient (Wildman–Crippen LogP) is 0.927. The molecule has 17 heavy (non-hydrogen) atoms. The molecule has 0 radical (unpaired) electrons. The number of amides is 1. The van der Waals surface area contributed by atoms with Crippen LogP contribution in [0.5, 0.6) is 11.5 Å². The molecule has 1 aromatic rings. The van der Waals surface area contributed by atoms with Crippen LogP contribution in [-0.2, 0) is 4.79 Å². The van der Waals surface area contributed by atoms with Crippen molar-refractivity contribution in [1.29, 1.82) is 0 Å². The van der Waals surface area contributed by atoms with Gasteiger partial charge in [0.05, 0.1) is 7.11 Å². The molecule has 4 N–H and O–H groups in total. The summed E-state index contributed by atoms with van der Waals surface area (Å²) in [7, 11) is 1.46. The Hall–Kier alpha value is -1.75. The fourth-order valence-electron chi connectivity index (χ4n) is 1.55. The van der Waals surface area contributed by atoms with E-state index >= 15 is 0 Å². The maximum Gasteiger partial charge on any atom is 0.239 e. The Morgan fingerprint density at radius 1 is 1.59 bits per heavy atom. The second-order valence-corrected chi connectivity index (χ2v) is 3.72. The van der Waals surface area contributed by atoms with Gasteiger partial charge in [0.2, 0.25) is 5.91 Å². The van der Waals surface area contributed by atoms with Gasteiger partial charge in [-0.2, -0.15) is 0 Å². The second-order valence-electron chi connectivity index (χ2n) is 3.72. The van der Waals surface area contributed by atoms with Crippen molar-refractivity contribution >= 4 is 5.91 Å². The van der Waals surface area contributed by atoms with E-state index < -0.39 is 11.9 Å². The van der Waals surface area contributed by atoms with Crippen LogP contribution in [0.2, 0.25) is 0 Å². The third-order valence-electron chi connectivity index (χ3n) is 2.42. The standard InChI is InChI=1S/C12H18N2O3/c1-3-6-14-11(12(13)16)8-4-5-9(15)10(7-8)17-2/h4-5,7,11,14-15H,3,6H2,1-2H3,(H2,13,16). The van der Waals surface area contributed by atoms with Crippen LogP contribution in [0.25, 0.3) is 0 Å². The van der Waals surface area contributed by atoms with Gasteiger partial charge in [-0.1, -0.05) is 13.0 Å². The number of phenolic OH excluding ortho intramolecular Hbond substituents is 1. The van der Waals surface area contributed by atoms with Gasteiger partial charge in [0.1, 0.15) is 6.04 Å². The minimum Gasteiger partial charge on any atom is -0.504 e. The first-order valence-corrected chi connectivity index (χ1v) is 5.49. The molecule has 0 spiro atoms. The third kappa shape index (κ3) is 3.35. The lowest BCUT2D eigenvalue weighted by Crippen LogP contribution is -2.34. The molecule has 94 valence electrons. The molecule has 1 aromatic carbocycles. The zero-order valence-electron chi connectivity index (χ0n) is 10.1. The molecule has 0 saturated heterocycles. The van der Waals surface area contributed by atoms with Crippen molar-refractivity contribution in [3.05, 3.63) is 23.8 Å². The summed E-state index contributed by atoms with van der Waals surface area (Å²) in [5, 5.41) is 12.5. The quantitative estimate of drug-likeness (QED) is 0.688. The highest BCUT2D eigenvalue weighted by atomic mass is 16.5. The highest BCUT2D eigenvalue weighted by molar-refractivity contribution is 5.81. The van der Waals surface area contributed by atoms with Gasteiger partial charge in [-0.3, -0.25) is 4.79 Å². The fraction of sp³-hybridized carbons (Fsp3) is 0.417. The Morgan fingerprint density at radius 2 is 2.29 bits per heavy atom. The van der Waals surface area contributed by atoms with Crippen molar-refractivity contribution in [2.45, 2.75) is 19.4 Å². The maximum atomic E-state index is 11.3. The van der Waals surface area contributed by atoms with E-state index in [2.05, 4.69) is 5.32 Å². The van der Waals surface area contributed by atoms with E-state index in [1.807, 2.05) is 6.92 Å². The minimum absolute atomic E-state index is 0.0370. The Balaban J connectivity index is 2.97. The van der Waals surface area contributed by atoms with Gasteiger partial charge >= 0.3 is 0 Å². The lowest BCUT2D eigenvalue weighted by atomic mass is 10.1. The largest absolute Gasteiger partial charge is 0.504 e. The number of rotatable bonds is 6. The molecule has 0 aliphatic heterocycles. The van der Waals surface area contributed by atoms with Gasteiger partial charge in [-0.15, -0.1) is 0 Å². The van der Waals surface area contributed by atoms with Gasteiger partial charge in [-0.25, -0.2) is 0 Å². The molecule has 5 heteroatoms. The predicted molar refractivity (Wildman–Crippen MR) is 64.9 cm³/mol. The van der Waals surface area contributed by atoms with Crippen molar-refractivity contribution in [2.75, 3.05) is 13.7 Å². The van der Waals surface area contributed by atoms with E-state index in [9.17, 15) is 9.90 Å². The zero-order valence-corrected chi connectivity index (χ0v) is 10.1. The van der Waals surface area contributed by atoms with Crippen LogP contribution in [0, 0.1) is 0 Å². The van der Waals surface area contributed by atoms with E-state index in [0.29, 0.717) is 17.9 Å². The number of carbonyl (C=O) groups is 1. The molecule has 0 saturated carbocycles. The number of methoxy groups -OCH3 is 1. The Labute approximate surface area is 101 Å². The number of hydrogen-bond acceptors (Lipinski definition) is 4. The van der Waals surface area contributed by atoms with Crippen LogP contribution in [-0.4, -0.2) is 24.7 Å². The number of nitrogens with one attached hydrogen (secondary N) is 1. The van der Waals surface area contributed by atoms with Crippen LogP contribution in [0.15, 0.2) is 18.2 Å². The first-order valence-electron chi connectivity index (χ1n) is 5.49. The first-order chi connectivity index (χ1) is 8.10. The first kappa shape index (κ1) is 13.3. The van der Waals surface area contributed by atoms with Gasteiger partial charge < -0.3 is 20.9 Å². The number of hydrogen-bond donors (Lipinski definition) is 3. The van der Waals surface area contributed by atoms with Crippen molar-refractivity contribution < 1.29 is 14.6 Å². The molecule has 0 bridgehead atoms. The van der Waals surface area contributed by atoms with Crippen molar-refractivity contribution in [3.8, 4) is 11.5 Å². The lowest BCUT2D eigenvalue weighted by molar-refractivity contribution is -0.120. The number of ether oxygens (including phenoxy) is 1. The highest BCUT2D eigenvalue weighted by Gasteiger charge is 2.18. The lowest BCUT2D eigenvalue weighted by Gasteiger charge is -2.16. The summed E-state index contributed by atoms with van der Waals surface area (Å²) in [5.74, 6) is -0.0896. The maximum absolute atomic E-state index is 11.3. The molecular formula is C12H18N2O3. The molecule has 1 atom stereocenters. The number of primary amides is 1. The van der Waals surface area contributed by atoms with Crippen LogP contribution in [0.1, 0.15) is 24.9 Å².